The molecular formula is C22H25N3O3S2. The van der Waals surface area contributed by atoms with Crippen LogP contribution in [-0.2, 0) is 23.4 Å². The Morgan fingerprint density at radius 3 is 2.97 bits per heavy atom. The van der Waals surface area contributed by atoms with Crippen molar-refractivity contribution in [2.45, 2.75) is 38.4 Å². The predicted molar refractivity (Wildman–Crippen MR) is 123 cm³/mol. The maximum absolute atomic E-state index is 12.5. The van der Waals surface area contributed by atoms with E-state index >= 15 is 0 Å². The molecule has 0 bridgehead atoms. The van der Waals surface area contributed by atoms with Crippen LogP contribution in [-0.4, -0.2) is 34.8 Å². The van der Waals surface area contributed by atoms with Crippen LogP contribution < -0.4 is 15.6 Å². The molecule has 0 atom stereocenters. The zero-order valence-electron chi connectivity index (χ0n) is 17.0. The Labute approximate surface area is 183 Å². The quantitative estimate of drug-likeness (QED) is 0.494. The molecule has 2 N–H and O–H groups in total. The molecule has 2 aromatic heterocycles. The third-order valence-corrected chi connectivity index (χ3v) is 7.21. The van der Waals surface area contributed by atoms with Crippen LogP contribution in [0.25, 0.3) is 10.2 Å². The zero-order valence-corrected chi connectivity index (χ0v) is 18.6. The molecule has 0 aliphatic heterocycles. The number of fused-ring (bicyclic) bond motifs is 3. The van der Waals surface area contributed by atoms with Crippen LogP contribution in [0.4, 0.5) is 0 Å². The van der Waals surface area contributed by atoms with E-state index in [-0.39, 0.29) is 11.5 Å². The van der Waals surface area contributed by atoms with Crippen molar-refractivity contribution in [3.05, 3.63) is 56.4 Å². The third kappa shape index (κ3) is 5.05. The molecular weight excluding hydrogens is 418 g/mol. The van der Waals surface area contributed by atoms with E-state index in [0.29, 0.717) is 36.9 Å². The van der Waals surface area contributed by atoms with Crippen LogP contribution >= 0.6 is 23.1 Å². The Morgan fingerprint density at radius 1 is 1.30 bits per heavy atom. The van der Waals surface area contributed by atoms with Crippen molar-refractivity contribution in [1.29, 1.82) is 0 Å². The average molecular weight is 444 g/mol. The summed E-state index contributed by atoms with van der Waals surface area (Å²) in [5.41, 5.74) is 2.36. The van der Waals surface area contributed by atoms with Gasteiger partial charge in [-0.25, -0.2) is 4.98 Å². The maximum Gasteiger partial charge on any atom is 0.259 e. The molecule has 1 aliphatic rings. The standard InChI is InChI=1S/C22H25N3O3S2/c1-14-5-7-15(8-6-14)28-11-10-23-19(26)9-12-29-13-18-24-21(27)20-16-3-2-4-17(16)30-22(20)25-18/h5-8H,2-4,9-13H2,1H3,(H,23,26)(H,24,25,27). The number of H-pyrrole nitrogens is 1. The molecule has 1 amide bonds. The van der Waals surface area contributed by atoms with Gasteiger partial charge in [0.2, 0.25) is 5.91 Å². The SMILES string of the molecule is Cc1ccc(OCCNC(=O)CCSCc2nc3sc4c(c3c(=O)[nH]2)CCC4)cc1. The molecule has 4 rings (SSSR count). The molecule has 1 aliphatic carbocycles. The minimum Gasteiger partial charge on any atom is -0.492 e. The van der Waals surface area contributed by atoms with Crippen molar-refractivity contribution < 1.29 is 9.53 Å². The van der Waals surface area contributed by atoms with Gasteiger partial charge in [0.05, 0.1) is 17.7 Å². The van der Waals surface area contributed by atoms with Crippen LogP contribution in [0.5, 0.6) is 5.75 Å². The summed E-state index contributed by atoms with van der Waals surface area (Å²) >= 11 is 3.25. The summed E-state index contributed by atoms with van der Waals surface area (Å²) in [6, 6.07) is 7.84. The topological polar surface area (TPSA) is 84.1 Å². The van der Waals surface area contributed by atoms with Crippen LogP contribution in [0.2, 0.25) is 0 Å². The first-order valence-corrected chi connectivity index (χ1v) is 12.1. The molecule has 0 spiro atoms. The van der Waals surface area contributed by atoms with E-state index in [0.717, 1.165) is 35.2 Å². The fourth-order valence-corrected chi connectivity index (χ4v) is 5.62. The first-order valence-electron chi connectivity index (χ1n) is 10.2. The number of carbonyl (C=O) groups excluding carboxylic acids is 1. The highest BCUT2D eigenvalue weighted by molar-refractivity contribution is 7.98. The first kappa shape index (κ1) is 20.9. The minimum absolute atomic E-state index is 0.00147. The fourth-order valence-electron chi connectivity index (χ4n) is 3.53. The Balaban J connectivity index is 1.16. The Hall–Kier alpha value is -2.32. The second kappa shape index (κ2) is 9.66. The Bertz CT molecular complexity index is 1090. The number of carbonyl (C=O) groups is 1. The number of thioether (sulfide) groups is 1. The van der Waals surface area contributed by atoms with E-state index in [1.54, 1.807) is 23.1 Å². The van der Waals surface area contributed by atoms with Crippen LogP contribution in [0, 0.1) is 6.92 Å². The number of rotatable bonds is 9. The number of ether oxygens (including phenoxy) is 1. The van der Waals surface area contributed by atoms with Gasteiger partial charge in [0.1, 0.15) is 23.0 Å². The van der Waals surface area contributed by atoms with Crippen molar-refractivity contribution in [1.82, 2.24) is 15.3 Å². The van der Waals surface area contributed by atoms with Crippen molar-refractivity contribution in [3.63, 3.8) is 0 Å². The second-order valence-electron chi connectivity index (χ2n) is 7.36. The monoisotopic (exact) mass is 443 g/mol. The molecule has 0 fully saturated rings. The lowest BCUT2D eigenvalue weighted by molar-refractivity contribution is -0.120. The molecule has 2 heterocycles. The van der Waals surface area contributed by atoms with E-state index in [9.17, 15) is 9.59 Å². The van der Waals surface area contributed by atoms with Crippen molar-refractivity contribution in [2.24, 2.45) is 0 Å². The van der Waals surface area contributed by atoms with Crippen LogP contribution in [0.15, 0.2) is 29.1 Å². The summed E-state index contributed by atoms with van der Waals surface area (Å²) < 4.78 is 5.60. The number of hydrogen-bond donors (Lipinski definition) is 2. The zero-order chi connectivity index (χ0) is 20.9. The normalized spacial score (nSPS) is 12.8. The number of benzene rings is 1. The highest BCUT2D eigenvalue weighted by Crippen LogP contribution is 2.34. The van der Waals surface area contributed by atoms with Gasteiger partial charge in [-0.2, -0.15) is 11.8 Å². The smallest absolute Gasteiger partial charge is 0.259 e. The van der Waals surface area contributed by atoms with E-state index in [4.69, 9.17) is 4.74 Å². The molecule has 3 aromatic rings. The van der Waals surface area contributed by atoms with Gasteiger partial charge in [0.15, 0.2) is 0 Å². The molecule has 0 radical (unpaired) electrons. The molecule has 30 heavy (non-hydrogen) atoms. The average Bonchev–Trinajstić information content (AvgIpc) is 3.31. The highest BCUT2D eigenvalue weighted by atomic mass is 32.2. The largest absolute Gasteiger partial charge is 0.492 e. The molecule has 8 heteroatoms. The second-order valence-corrected chi connectivity index (χ2v) is 9.55. The molecule has 158 valence electrons. The summed E-state index contributed by atoms with van der Waals surface area (Å²) in [4.78, 5) is 34.1. The lowest BCUT2D eigenvalue weighted by Gasteiger charge is -2.08. The Morgan fingerprint density at radius 2 is 2.13 bits per heavy atom. The number of aryl methyl sites for hydroxylation is 3. The lowest BCUT2D eigenvalue weighted by Crippen LogP contribution is -2.28. The number of aromatic amines is 1. The predicted octanol–water partition coefficient (Wildman–Crippen LogP) is 3.60. The van der Waals surface area contributed by atoms with Gasteiger partial charge in [0.25, 0.3) is 5.56 Å². The van der Waals surface area contributed by atoms with Gasteiger partial charge < -0.3 is 15.0 Å². The first-order chi connectivity index (χ1) is 14.6. The van der Waals surface area contributed by atoms with E-state index in [1.807, 2.05) is 31.2 Å². The van der Waals surface area contributed by atoms with Crippen molar-refractivity contribution in [2.75, 3.05) is 18.9 Å². The molecule has 6 nitrogen and oxygen atoms in total. The van der Waals surface area contributed by atoms with Crippen LogP contribution in [0.3, 0.4) is 0 Å². The number of hydrogen-bond acceptors (Lipinski definition) is 6. The number of amides is 1. The Kier molecular flexibility index (Phi) is 6.74. The van der Waals surface area contributed by atoms with E-state index in [1.165, 1.54) is 16.0 Å². The van der Waals surface area contributed by atoms with Crippen molar-refractivity contribution in [3.8, 4) is 5.75 Å². The van der Waals surface area contributed by atoms with Gasteiger partial charge in [-0.15, -0.1) is 11.3 Å². The molecule has 0 saturated carbocycles. The molecule has 0 unspecified atom stereocenters. The number of thiophene rings is 1. The summed E-state index contributed by atoms with van der Waals surface area (Å²) in [5, 5.41) is 3.65. The summed E-state index contributed by atoms with van der Waals surface area (Å²) in [6.45, 7) is 2.95. The van der Waals surface area contributed by atoms with E-state index in [2.05, 4.69) is 15.3 Å². The van der Waals surface area contributed by atoms with E-state index < -0.39 is 0 Å². The molecule has 1 aromatic carbocycles. The number of nitrogens with one attached hydrogen (secondary N) is 2. The maximum atomic E-state index is 12.5. The van der Waals surface area contributed by atoms with Gasteiger partial charge in [-0.3, -0.25) is 9.59 Å². The number of aromatic nitrogens is 2. The minimum atomic E-state index is -0.0266. The highest BCUT2D eigenvalue weighted by Gasteiger charge is 2.21. The van der Waals surface area contributed by atoms with Gasteiger partial charge in [-0.05, 0) is 43.9 Å². The third-order valence-electron chi connectivity index (χ3n) is 5.05. The lowest BCUT2D eigenvalue weighted by atomic mass is 10.2. The van der Waals surface area contributed by atoms with Crippen LogP contribution in [0.1, 0.15) is 34.7 Å². The number of nitrogens with zero attached hydrogens (tertiary/aromatic N) is 1. The van der Waals surface area contributed by atoms with Crippen molar-refractivity contribution >= 4 is 39.2 Å². The van der Waals surface area contributed by atoms with Gasteiger partial charge in [-0.1, -0.05) is 17.7 Å². The van der Waals surface area contributed by atoms with Gasteiger partial charge in [0, 0.05) is 17.1 Å². The summed E-state index contributed by atoms with van der Waals surface area (Å²) in [5.74, 6) is 2.76. The molecule has 0 saturated heterocycles. The fraction of sp³-hybridized carbons (Fsp3) is 0.409. The van der Waals surface area contributed by atoms with Gasteiger partial charge >= 0.3 is 0 Å². The summed E-state index contributed by atoms with van der Waals surface area (Å²) in [6.07, 6.45) is 3.60. The summed E-state index contributed by atoms with van der Waals surface area (Å²) in [7, 11) is 0.